The highest BCUT2D eigenvalue weighted by Crippen LogP contribution is 2.37. The molecule has 1 atom stereocenters. The molecule has 3 rings (SSSR count). The van der Waals surface area contributed by atoms with Crippen molar-refractivity contribution in [2.75, 3.05) is 6.61 Å². The van der Waals surface area contributed by atoms with Crippen LogP contribution in [0.15, 0.2) is 28.7 Å². The fraction of sp³-hybridized carbons (Fsp3) is 0.400. The number of nitrogens with zero attached hydrogens (tertiary/aromatic N) is 2. The molecule has 0 radical (unpaired) electrons. The molecule has 2 aromatic rings. The van der Waals surface area contributed by atoms with Crippen molar-refractivity contribution >= 4 is 5.97 Å². The van der Waals surface area contributed by atoms with Crippen molar-refractivity contribution in [2.45, 2.75) is 31.6 Å². The van der Waals surface area contributed by atoms with Crippen LogP contribution in [0.4, 0.5) is 0 Å². The predicted molar refractivity (Wildman–Crippen MR) is 73.3 cm³/mol. The van der Waals surface area contributed by atoms with Crippen molar-refractivity contribution in [1.29, 1.82) is 0 Å². The van der Waals surface area contributed by atoms with Crippen LogP contribution in [-0.2, 0) is 11.2 Å². The molecule has 0 spiro atoms. The van der Waals surface area contributed by atoms with Crippen LogP contribution in [0.1, 0.15) is 42.5 Å². The molecule has 1 N–H and O–H groups in total. The van der Waals surface area contributed by atoms with E-state index in [0.717, 1.165) is 17.7 Å². The van der Waals surface area contributed by atoms with Crippen LogP contribution < -0.4 is 4.74 Å². The molecule has 0 amide bonds. The molecule has 0 aliphatic carbocycles. The molecule has 21 heavy (non-hydrogen) atoms. The SMILES string of the molecule is O=C(O)CCCc1nnc(C2CCOc3ccccc32)o1. The number of benzene rings is 1. The average Bonchev–Trinajstić information content (AvgIpc) is 2.95. The second-order valence-corrected chi connectivity index (χ2v) is 5.01. The predicted octanol–water partition coefficient (Wildman–Crippen LogP) is 2.39. The van der Waals surface area contributed by atoms with E-state index in [0.29, 0.717) is 31.2 Å². The molecular weight excluding hydrogens is 272 g/mol. The third-order valence-electron chi connectivity index (χ3n) is 3.52. The van der Waals surface area contributed by atoms with Gasteiger partial charge in [0.05, 0.1) is 12.5 Å². The maximum absolute atomic E-state index is 10.5. The number of hydrogen-bond donors (Lipinski definition) is 1. The second-order valence-electron chi connectivity index (χ2n) is 5.01. The van der Waals surface area contributed by atoms with Crippen molar-refractivity contribution in [3.8, 4) is 5.75 Å². The van der Waals surface area contributed by atoms with Crippen molar-refractivity contribution in [2.24, 2.45) is 0 Å². The highest BCUT2D eigenvalue weighted by atomic mass is 16.5. The Morgan fingerprint density at radius 3 is 3.05 bits per heavy atom. The van der Waals surface area contributed by atoms with Gasteiger partial charge in [-0.25, -0.2) is 0 Å². The molecule has 1 unspecified atom stereocenters. The van der Waals surface area contributed by atoms with Crippen LogP contribution in [-0.4, -0.2) is 27.9 Å². The average molecular weight is 288 g/mol. The molecule has 6 nitrogen and oxygen atoms in total. The van der Waals surface area contributed by atoms with Gasteiger partial charge in [0.15, 0.2) is 0 Å². The minimum Gasteiger partial charge on any atom is -0.493 e. The number of carbonyl (C=O) groups is 1. The van der Waals surface area contributed by atoms with E-state index in [1.807, 2.05) is 24.3 Å². The second kappa shape index (κ2) is 5.95. The Hall–Kier alpha value is -2.37. The van der Waals surface area contributed by atoms with Gasteiger partial charge in [0.25, 0.3) is 0 Å². The summed E-state index contributed by atoms with van der Waals surface area (Å²) < 4.78 is 11.3. The molecule has 110 valence electrons. The monoisotopic (exact) mass is 288 g/mol. The zero-order valence-corrected chi connectivity index (χ0v) is 11.5. The maximum Gasteiger partial charge on any atom is 0.303 e. The molecule has 0 saturated heterocycles. The summed E-state index contributed by atoms with van der Waals surface area (Å²) in [5.41, 5.74) is 1.06. The Balaban J connectivity index is 1.73. The first-order valence-electron chi connectivity index (χ1n) is 7.00. The van der Waals surface area contributed by atoms with E-state index in [1.165, 1.54) is 0 Å². The topological polar surface area (TPSA) is 85.5 Å². The number of para-hydroxylation sites is 1. The number of ether oxygens (including phenoxy) is 1. The van der Waals surface area contributed by atoms with E-state index in [9.17, 15) is 4.79 Å². The van der Waals surface area contributed by atoms with Gasteiger partial charge in [0.1, 0.15) is 5.75 Å². The zero-order chi connectivity index (χ0) is 14.7. The van der Waals surface area contributed by atoms with Crippen LogP contribution in [0, 0.1) is 0 Å². The standard InChI is InChI=1S/C15H16N2O4/c18-14(19)7-3-6-13-16-17-15(21-13)11-8-9-20-12-5-2-1-4-10(11)12/h1-2,4-5,11H,3,6-9H2,(H,18,19). The number of rotatable bonds is 5. The third-order valence-corrected chi connectivity index (χ3v) is 3.52. The number of aromatic nitrogens is 2. The van der Waals surface area contributed by atoms with Crippen molar-refractivity contribution in [3.63, 3.8) is 0 Å². The summed E-state index contributed by atoms with van der Waals surface area (Å²) in [6.45, 7) is 0.623. The number of aryl methyl sites for hydroxylation is 1. The van der Waals surface area contributed by atoms with Gasteiger partial charge in [-0.2, -0.15) is 0 Å². The summed E-state index contributed by atoms with van der Waals surface area (Å²) in [5, 5.41) is 16.8. The molecular formula is C15H16N2O4. The Morgan fingerprint density at radius 2 is 2.19 bits per heavy atom. The lowest BCUT2D eigenvalue weighted by atomic mass is 9.93. The van der Waals surface area contributed by atoms with Crippen LogP contribution in [0.3, 0.4) is 0 Å². The van der Waals surface area contributed by atoms with Crippen molar-refractivity contribution in [1.82, 2.24) is 10.2 Å². The van der Waals surface area contributed by atoms with E-state index in [2.05, 4.69) is 10.2 Å². The molecule has 2 heterocycles. The van der Waals surface area contributed by atoms with Gasteiger partial charge in [0.2, 0.25) is 11.8 Å². The highest BCUT2D eigenvalue weighted by Gasteiger charge is 2.27. The lowest BCUT2D eigenvalue weighted by Gasteiger charge is -2.23. The van der Waals surface area contributed by atoms with Crippen LogP contribution in [0.25, 0.3) is 0 Å². The third kappa shape index (κ3) is 3.04. The minimum atomic E-state index is -0.812. The number of fused-ring (bicyclic) bond motifs is 1. The van der Waals surface area contributed by atoms with Crippen molar-refractivity contribution in [3.05, 3.63) is 41.6 Å². The molecule has 1 aliphatic heterocycles. The molecule has 1 aromatic heterocycles. The van der Waals surface area contributed by atoms with Crippen LogP contribution in [0.2, 0.25) is 0 Å². The fourth-order valence-corrected chi connectivity index (χ4v) is 2.50. The minimum absolute atomic E-state index is 0.0515. The fourth-order valence-electron chi connectivity index (χ4n) is 2.50. The molecule has 0 saturated carbocycles. The first-order chi connectivity index (χ1) is 10.2. The van der Waals surface area contributed by atoms with Crippen molar-refractivity contribution < 1.29 is 19.1 Å². The van der Waals surface area contributed by atoms with E-state index in [1.54, 1.807) is 0 Å². The summed E-state index contributed by atoms with van der Waals surface area (Å²) in [7, 11) is 0. The number of aliphatic carboxylic acids is 1. The first-order valence-corrected chi connectivity index (χ1v) is 7.00. The number of carboxylic acid groups (broad SMARTS) is 1. The molecule has 0 bridgehead atoms. The number of carboxylic acids is 1. The van der Waals surface area contributed by atoms with Gasteiger partial charge in [-0.1, -0.05) is 18.2 Å². The summed E-state index contributed by atoms with van der Waals surface area (Å²) in [5.74, 6) is 1.18. The van der Waals surface area contributed by atoms with Crippen LogP contribution >= 0.6 is 0 Å². The Labute approximate surface area is 121 Å². The zero-order valence-electron chi connectivity index (χ0n) is 11.5. The Kier molecular flexibility index (Phi) is 3.85. The summed E-state index contributed by atoms with van der Waals surface area (Å²) >= 11 is 0. The largest absolute Gasteiger partial charge is 0.493 e. The molecule has 6 heteroatoms. The van der Waals surface area contributed by atoms with Gasteiger partial charge in [-0.3, -0.25) is 4.79 Å². The summed E-state index contributed by atoms with van der Waals surface area (Å²) in [6, 6.07) is 7.84. The van der Waals surface area contributed by atoms with E-state index in [4.69, 9.17) is 14.3 Å². The van der Waals surface area contributed by atoms with E-state index in [-0.39, 0.29) is 12.3 Å². The summed E-state index contributed by atoms with van der Waals surface area (Å²) in [6.07, 6.45) is 1.90. The van der Waals surface area contributed by atoms with Gasteiger partial charge in [-0.15, -0.1) is 10.2 Å². The maximum atomic E-state index is 10.5. The molecule has 1 aliphatic rings. The van der Waals surface area contributed by atoms with Gasteiger partial charge >= 0.3 is 5.97 Å². The number of hydrogen-bond acceptors (Lipinski definition) is 5. The quantitative estimate of drug-likeness (QED) is 0.909. The van der Waals surface area contributed by atoms with E-state index >= 15 is 0 Å². The lowest BCUT2D eigenvalue weighted by molar-refractivity contribution is -0.137. The Bertz CT molecular complexity index is 638. The van der Waals surface area contributed by atoms with Gasteiger partial charge in [0, 0.05) is 18.4 Å². The van der Waals surface area contributed by atoms with Gasteiger partial charge < -0.3 is 14.3 Å². The Morgan fingerprint density at radius 1 is 1.33 bits per heavy atom. The smallest absolute Gasteiger partial charge is 0.303 e. The first kappa shape index (κ1) is 13.6. The lowest BCUT2D eigenvalue weighted by Crippen LogP contribution is -2.15. The highest BCUT2D eigenvalue weighted by molar-refractivity contribution is 5.66. The molecule has 0 fully saturated rings. The normalized spacial score (nSPS) is 17.0. The van der Waals surface area contributed by atoms with E-state index < -0.39 is 5.97 Å². The van der Waals surface area contributed by atoms with Crippen LogP contribution in [0.5, 0.6) is 5.75 Å². The summed E-state index contributed by atoms with van der Waals surface area (Å²) in [4.78, 5) is 10.5. The van der Waals surface area contributed by atoms with Gasteiger partial charge in [-0.05, 0) is 18.9 Å². The molecule has 1 aromatic carbocycles.